The number of aromatic nitrogens is 2. The van der Waals surface area contributed by atoms with Crippen LogP contribution < -0.4 is 15.2 Å². The number of hydrogen-bond acceptors (Lipinski definition) is 7. The summed E-state index contributed by atoms with van der Waals surface area (Å²) < 4.78 is 6.90. The summed E-state index contributed by atoms with van der Waals surface area (Å²) in [6.45, 7) is 5.10. The lowest BCUT2D eigenvalue weighted by molar-refractivity contribution is -0.128. The third-order valence-electron chi connectivity index (χ3n) is 6.29. The van der Waals surface area contributed by atoms with Gasteiger partial charge in [0.2, 0.25) is 5.91 Å². The Hall–Kier alpha value is -2.91. The van der Waals surface area contributed by atoms with Gasteiger partial charge in [-0.25, -0.2) is 4.98 Å². The van der Waals surface area contributed by atoms with Crippen molar-refractivity contribution in [3.8, 4) is 11.4 Å². The highest BCUT2D eigenvalue weighted by Gasteiger charge is 2.28. The first-order valence-electron chi connectivity index (χ1n) is 11.7. The van der Waals surface area contributed by atoms with Gasteiger partial charge >= 0.3 is 0 Å². The summed E-state index contributed by atoms with van der Waals surface area (Å²) >= 11 is 2.92. The van der Waals surface area contributed by atoms with E-state index in [1.54, 1.807) is 23.4 Å². The van der Waals surface area contributed by atoms with E-state index in [1.807, 2.05) is 47.4 Å². The largest absolute Gasteiger partial charge is 0.497 e. The molecule has 3 aromatic rings. The van der Waals surface area contributed by atoms with Crippen LogP contribution in [0.4, 0.5) is 5.69 Å². The van der Waals surface area contributed by atoms with Crippen molar-refractivity contribution >= 4 is 35.1 Å². The third-order valence-corrected chi connectivity index (χ3v) is 8.43. The molecule has 5 rings (SSSR count). The van der Waals surface area contributed by atoms with Gasteiger partial charge in [0.25, 0.3) is 5.56 Å². The number of anilines is 1. The van der Waals surface area contributed by atoms with Crippen LogP contribution in [0, 0.1) is 0 Å². The summed E-state index contributed by atoms with van der Waals surface area (Å²) in [6, 6.07) is 17.7. The van der Waals surface area contributed by atoms with Crippen LogP contribution in [0.15, 0.2) is 69.4 Å². The lowest BCUT2D eigenvalue weighted by Gasteiger charge is -2.36. The van der Waals surface area contributed by atoms with Crippen molar-refractivity contribution < 1.29 is 9.53 Å². The van der Waals surface area contributed by atoms with Crippen LogP contribution >= 0.6 is 23.5 Å². The van der Waals surface area contributed by atoms with Crippen LogP contribution in [0.2, 0.25) is 0 Å². The summed E-state index contributed by atoms with van der Waals surface area (Å²) in [4.78, 5) is 36.3. The molecule has 1 atom stereocenters. The van der Waals surface area contributed by atoms with E-state index in [9.17, 15) is 9.59 Å². The smallest absolute Gasteiger partial charge is 0.272 e. The molecule has 1 fully saturated rings. The fraction of sp³-hybridized carbons (Fsp3) is 0.346. The highest BCUT2D eigenvalue weighted by Crippen LogP contribution is 2.35. The summed E-state index contributed by atoms with van der Waals surface area (Å²) in [7, 11) is 1.61. The van der Waals surface area contributed by atoms with Gasteiger partial charge in [-0.3, -0.25) is 14.2 Å². The monoisotopic (exact) mass is 508 g/mol. The fourth-order valence-electron chi connectivity index (χ4n) is 4.43. The van der Waals surface area contributed by atoms with Crippen molar-refractivity contribution in [2.75, 3.05) is 43.9 Å². The van der Waals surface area contributed by atoms with Crippen molar-refractivity contribution in [2.24, 2.45) is 0 Å². The minimum absolute atomic E-state index is 0.0686. The van der Waals surface area contributed by atoms with Gasteiger partial charge in [0.15, 0.2) is 5.16 Å². The number of nitrogens with zero attached hydrogens (tertiary/aromatic N) is 4. The molecule has 0 aliphatic carbocycles. The summed E-state index contributed by atoms with van der Waals surface area (Å²) in [6.07, 6.45) is 0.766. The lowest BCUT2D eigenvalue weighted by atomic mass is 10.2. The van der Waals surface area contributed by atoms with E-state index in [-0.39, 0.29) is 17.2 Å². The molecule has 1 amide bonds. The predicted molar refractivity (Wildman–Crippen MR) is 141 cm³/mol. The second-order valence-corrected chi connectivity index (χ2v) is 11.0. The molecule has 35 heavy (non-hydrogen) atoms. The Bertz CT molecular complexity index is 1260. The van der Waals surface area contributed by atoms with Crippen molar-refractivity contribution in [2.45, 2.75) is 28.6 Å². The van der Waals surface area contributed by atoms with Gasteiger partial charge < -0.3 is 14.5 Å². The lowest BCUT2D eigenvalue weighted by Crippen LogP contribution is -2.49. The van der Waals surface area contributed by atoms with E-state index < -0.39 is 0 Å². The van der Waals surface area contributed by atoms with E-state index in [4.69, 9.17) is 9.72 Å². The minimum atomic E-state index is -0.0686. The van der Waals surface area contributed by atoms with Gasteiger partial charge in [-0.05, 0) is 36.4 Å². The Balaban J connectivity index is 1.32. The number of ether oxygens (including phenoxy) is 1. The number of fused-ring (bicyclic) bond motifs is 1. The Morgan fingerprint density at radius 3 is 2.46 bits per heavy atom. The number of methoxy groups -OCH3 is 1. The standard InChI is InChI=1S/C26H28N4O3S2/c1-18-16-22-24(35-18)25(32)30(20-8-10-21(33-2)11-9-20)26(27-22)34-17-23(31)29-14-12-28(13-15-29)19-6-4-3-5-7-19/h3-11,18H,12-17H2,1-2H3. The molecule has 1 aromatic heterocycles. The number of carbonyl (C=O) groups is 1. The maximum atomic E-state index is 13.5. The summed E-state index contributed by atoms with van der Waals surface area (Å²) in [5.74, 6) is 1.04. The van der Waals surface area contributed by atoms with Crippen molar-refractivity contribution in [3.63, 3.8) is 0 Å². The maximum absolute atomic E-state index is 13.5. The van der Waals surface area contributed by atoms with Crippen LogP contribution in [0.5, 0.6) is 5.75 Å². The van der Waals surface area contributed by atoms with Gasteiger partial charge in [0, 0.05) is 43.5 Å². The van der Waals surface area contributed by atoms with Gasteiger partial charge in [0.1, 0.15) is 5.75 Å². The van der Waals surface area contributed by atoms with Crippen LogP contribution in [0.3, 0.4) is 0 Å². The van der Waals surface area contributed by atoms with Gasteiger partial charge in [0.05, 0.1) is 29.1 Å². The molecule has 1 saturated heterocycles. The average molecular weight is 509 g/mol. The molecule has 0 N–H and O–H groups in total. The molecule has 9 heteroatoms. The molecule has 0 radical (unpaired) electrons. The molecule has 2 aliphatic heterocycles. The molecule has 0 saturated carbocycles. The molecule has 2 aliphatic rings. The minimum Gasteiger partial charge on any atom is -0.497 e. The van der Waals surface area contributed by atoms with E-state index >= 15 is 0 Å². The zero-order valence-electron chi connectivity index (χ0n) is 19.8. The maximum Gasteiger partial charge on any atom is 0.272 e. The Kier molecular flexibility index (Phi) is 7.06. The molecule has 7 nitrogen and oxygen atoms in total. The SMILES string of the molecule is COc1ccc(-n2c(SCC(=O)N3CCN(c4ccccc4)CC3)nc3c(c2=O)SC(C)C3)cc1. The first-order valence-corrected chi connectivity index (χ1v) is 13.6. The van der Waals surface area contributed by atoms with Gasteiger partial charge in [-0.1, -0.05) is 36.9 Å². The number of hydrogen-bond donors (Lipinski definition) is 0. The Morgan fingerprint density at radius 2 is 1.77 bits per heavy atom. The first kappa shape index (κ1) is 23.8. The number of thioether (sulfide) groups is 2. The zero-order chi connectivity index (χ0) is 24.4. The summed E-state index contributed by atoms with van der Waals surface area (Å²) in [5, 5.41) is 0.877. The Labute approximate surface area is 213 Å². The van der Waals surface area contributed by atoms with E-state index in [0.29, 0.717) is 28.4 Å². The van der Waals surface area contributed by atoms with Crippen LogP contribution in [0.25, 0.3) is 5.69 Å². The average Bonchev–Trinajstić information content (AvgIpc) is 3.28. The number of rotatable bonds is 6. The summed E-state index contributed by atoms with van der Waals surface area (Å²) in [5.41, 5.74) is 2.68. The van der Waals surface area contributed by atoms with Crippen LogP contribution in [-0.2, 0) is 11.2 Å². The van der Waals surface area contributed by atoms with Crippen LogP contribution in [-0.4, -0.2) is 64.6 Å². The molecule has 0 bridgehead atoms. The van der Waals surface area contributed by atoms with Gasteiger partial charge in [-0.2, -0.15) is 0 Å². The number of piperazine rings is 1. The predicted octanol–water partition coefficient (Wildman–Crippen LogP) is 3.72. The number of benzene rings is 2. The molecule has 2 aromatic carbocycles. The van der Waals surface area contributed by atoms with E-state index in [0.717, 1.165) is 36.6 Å². The van der Waals surface area contributed by atoms with Gasteiger partial charge in [-0.15, -0.1) is 11.8 Å². The topological polar surface area (TPSA) is 67.7 Å². The van der Waals surface area contributed by atoms with Crippen LogP contribution in [0.1, 0.15) is 12.6 Å². The van der Waals surface area contributed by atoms with Crippen molar-refractivity contribution in [1.82, 2.24) is 14.5 Å². The first-order chi connectivity index (χ1) is 17.0. The number of para-hydroxylation sites is 1. The number of carbonyl (C=O) groups excluding carboxylic acids is 1. The highest BCUT2D eigenvalue weighted by molar-refractivity contribution is 8.00. The van der Waals surface area contributed by atoms with Crippen molar-refractivity contribution in [3.05, 3.63) is 70.6 Å². The third kappa shape index (κ3) is 5.06. The molecule has 1 unspecified atom stereocenters. The molecular formula is C26H28N4O3S2. The highest BCUT2D eigenvalue weighted by atomic mass is 32.2. The van der Waals surface area contributed by atoms with Crippen molar-refractivity contribution in [1.29, 1.82) is 0 Å². The quantitative estimate of drug-likeness (QED) is 0.371. The molecular weight excluding hydrogens is 480 g/mol. The Morgan fingerprint density at radius 1 is 1.06 bits per heavy atom. The second-order valence-electron chi connectivity index (χ2n) is 8.63. The van der Waals surface area contributed by atoms with E-state index in [1.165, 1.54) is 17.4 Å². The molecule has 3 heterocycles. The molecule has 0 spiro atoms. The normalized spacial score (nSPS) is 17.4. The number of amides is 1. The molecule has 182 valence electrons. The van der Waals surface area contributed by atoms with E-state index in [2.05, 4.69) is 24.0 Å². The fourth-order valence-corrected chi connectivity index (χ4v) is 6.45. The zero-order valence-corrected chi connectivity index (χ0v) is 21.5. The second kappa shape index (κ2) is 10.4.